The molecule has 76 heavy (non-hydrogen) atoms. The third kappa shape index (κ3) is 13.8. The summed E-state index contributed by atoms with van der Waals surface area (Å²) in [5.41, 5.74) is 8.02. The van der Waals surface area contributed by atoms with Crippen LogP contribution in [-0.4, -0.2) is 153 Å². The minimum absolute atomic E-state index is 0.00642. The van der Waals surface area contributed by atoms with Crippen molar-refractivity contribution >= 4 is 75.7 Å². The van der Waals surface area contributed by atoms with Gasteiger partial charge in [0.15, 0.2) is 5.67 Å². The number of aliphatic hydroxyl groups is 1. The number of hydrogen-bond acceptors (Lipinski definition) is 15. The zero-order valence-corrected chi connectivity index (χ0v) is 46.6. The van der Waals surface area contributed by atoms with Gasteiger partial charge in [0, 0.05) is 75.3 Å². The molecule has 410 valence electrons. The van der Waals surface area contributed by atoms with E-state index in [0.717, 1.165) is 47.9 Å². The van der Waals surface area contributed by atoms with Gasteiger partial charge in [-0.25, -0.2) is 19.3 Å². The summed E-state index contributed by atoms with van der Waals surface area (Å²) in [6, 6.07) is 8.84. The number of piperidine rings is 1. The van der Waals surface area contributed by atoms with Gasteiger partial charge < -0.3 is 46.2 Å². The molecule has 0 radical (unpaired) electrons. The Morgan fingerprint density at radius 2 is 1.78 bits per heavy atom. The van der Waals surface area contributed by atoms with E-state index in [1.807, 2.05) is 38.1 Å². The quantitative estimate of drug-likeness (QED) is 0.0519. The number of aromatic nitrogens is 3. The van der Waals surface area contributed by atoms with E-state index in [4.69, 9.17) is 22.1 Å². The molecule has 6 N–H and O–H groups in total. The lowest BCUT2D eigenvalue weighted by Gasteiger charge is -2.40. The van der Waals surface area contributed by atoms with E-state index in [0.29, 0.717) is 77.7 Å². The zero-order valence-electron chi connectivity index (χ0n) is 44.2. The van der Waals surface area contributed by atoms with Gasteiger partial charge in [-0.05, 0) is 87.1 Å². The summed E-state index contributed by atoms with van der Waals surface area (Å²) in [6.07, 6.45) is 5.06. The molecule has 3 aliphatic heterocycles. The summed E-state index contributed by atoms with van der Waals surface area (Å²) in [4.78, 5) is 90.3. The number of nitrogens with one attached hydrogen (secondary N) is 3. The van der Waals surface area contributed by atoms with Crippen molar-refractivity contribution in [3.05, 3.63) is 70.6 Å². The highest BCUT2D eigenvalue weighted by Gasteiger charge is 2.53. The second kappa shape index (κ2) is 24.1. The highest BCUT2D eigenvalue weighted by molar-refractivity contribution is 7.99. The van der Waals surface area contributed by atoms with Crippen LogP contribution in [0.5, 0.6) is 5.75 Å². The number of carbonyl (C=O) groups is 5. The zero-order chi connectivity index (χ0) is 54.5. The number of nitrogens with two attached hydrogens (primary N) is 1. The molecule has 0 spiro atoms. The van der Waals surface area contributed by atoms with Crippen LogP contribution in [0.4, 0.5) is 15.9 Å². The van der Waals surface area contributed by atoms with Crippen LogP contribution in [0.3, 0.4) is 0 Å². The number of carbonyl (C=O) groups excluding carboxylic acids is 5. The molecule has 4 aromatic rings. The van der Waals surface area contributed by atoms with Gasteiger partial charge in [0.1, 0.15) is 35.1 Å². The molecule has 18 nitrogen and oxygen atoms in total. The summed E-state index contributed by atoms with van der Waals surface area (Å²) < 4.78 is 21.1. The Balaban J connectivity index is 0.809. The molecule has 22 heteroatoms. The molecule has 1 aliphatic carbocycles. The molecule has 3 saturated heterocycles. The van der Waals surface area contributed by atoms with Crippen LogP contribution >= 0.6 is 34.7 Å². The van der Waals surface area contributed by atoms with Crippen molar-refractivity contribution in [2.24, 2.45) is 16.6 Å². The first-order valence-electron chi connectivity index (χ1n) is 26.1. The van der Waals surface area contributed by atoms with Crippen molar-refractivity contribution in [2.75, 3.05) is 69.2 Å². The van der Waals surface area contributed by atoms with Gasteiger partial charge in [-0.2, -0.15) is 0 Å². The normalized spacial score (nSPS) is 20.7. The predicted molar refractivity (Wildman–Crippen MR) is 292 cm³/mol. The maximum atomic E-state index is 14.7. The number of amides is 5. The summed E-state index contributed by atoms with van der Waals surface area (Å²) in [5, 5.41) is 20.1. The number of nitrogens with zero attached hydrogens (tertiary/aromatic N) is 7. The maximum absolute atomic E-state index is 14.7. The molecule has 4 aliphatic rings. The number of thiazole rings is 1. The Labute approximate surface area is 457 Å². The number of benzene rings is 2. The molecule has 4 fully saturated rings. The number of alkyl halides is 1. The Morgan fingerprint density at radius 1 is 1.01 bits per heavy atom. The van der Waals surface area contributed by atoms with Crippen LogP contribution < -0.4 is 31.3 Å². The number of likely N-dealkylation sites (tertiary alicyclic amines) is 1. The van der Waals surface area contributed by atoms with Gasteiger partial charge in [-0.1, -0.05) is 69.3 Å². The van der Waals surface area contributed by atoms with Crippen LogP contribution in [0, 0.1) is 17.8 Å². The van der Waals surface area contributed by atoms with E-state index >= 15 is 0 Å². The molecule has 1 saturated carbocycles. The van der Waals surface area contributed by atoms with Crippen molar-refractivity contribution in [1.82, 2.24) is 40.3 Å². The largest absolute Gasteiger partial charge is 0.493 e. The number of piperazine rings is 1. The summed E-state index contributed by atoms with van der Waals surface area (Å²) in [7, 11) is 0. The lowest BCUT2D eigenvalue weighted by Crippen LogP contribution is -2.59. The fourth-order valence-corrected chi connectivity index (χ4v) is 11.8. The molecule has 8 rings (SSSR count). The average Bonchev–Trinajstić information content (AvgIpc) is 3.80. The second-order valence-corrected chi connectivity index (χ2v) is 24.3. The predicted octanol–water partition coefficient (Wildman–Crippen LogP) is 6.22. The number of aliphatic hydroxyl groups excluding tert-OH is 1. The fraction of sp³-hybridized carbons (Fsp3) is 0.556. The smallest absolute Gasteiger partial charge is 0.258 e. The van der Waals surface area contributed by atoms with Gasteiger partial charge >= 0.3 is 0 Å². The number of hydrogen-bond donors (Lipinski definition) is 5. The molecule has 2 aromatic heterocycles. The summed E-state index contributed by atoms with van der Waals surface area (Å²) in [6.45, 7) is 16.5. The highest BCUT2D eigenvalue weighted by Crippen LogP contribution is 2.41. The first-order chi connectivity index (χ1) is 36.1. The van der Waals surface area contributed by atoms with Crippen molar-refractivity contribution in [3.8, 4) is 16.2 Å². The Hall–Kier alpha value is -5.45. The summed E-state index contributed by atoms with van der Waals surface area (Å²) in [5.74, 6) is -1.22. The monoisotopic (exact) mass is 1100 g/mol. The number of anilines is 2. The number of halogens is 2. The first kappa shape index (κ1) is 56.7. The third-order valence-corrected chi connectivity index (χ3v) is 17.4. The van der Waals surface area contributed by atoms with Gasteiger partial charge in [-0.15, -0.1) is 11.3 Å². The SMILES string of the molecule is Cc1ncsc1-c1ccc(CNC(=O)C2CC(O)CN2C(=O)[C@@H](NC(=O)C2(F)CC2)C(C)(C)C)c(OCCCN2CCN(C(=O)CC(=O)Nc3cccc(Sc4cnc(N5CCC(C)(CN)CC5)cn4)c3Cl)[C@@H](C)C2)c1. The van der Waals surface area contributed by atoms with Crippen LogP contribution in [-0.2, 0) is 30.5 Å². The van der Waals surface area contributed by atoms with Crippen molar-refractivity contribution < 1.29 is 38.2 Å². The van der Waals surface area contributed by atoms with Gasteiger partial charge in [-0.3, -0.25) is 28.9 Å². The number of aryl methyl sites for hydroxylation is 1. The van der Waals surface area contributed by atoms with Crippen LogP contribution in [0.2, 0.25) is 5.02 Å². The maximum Gasteiger partial charge on any atom is 0.258 e. The Kier molecular flexibility index (Phi) is 18.0. The fourth-order valence-electron chi connectivity index (χ4n) is 9.89. The standard InChI is InChI=1S/C54H71ClFN11O7S2/c1-33-29-64(20-21-66(33)45(70)25-43(69)62-38-9-7-10-41(46(38)55)76-44-28-58-42(27-59-44)65-18-15-53(6,31-57)16-19-65)17-8-22-74-40-23-35(47-34(2)61-32-75-47)11-12-36(40)26-60-49(71)39-24-37(68)30-67(39)50(72)48(52(3,4)5)63-51(73)54(56)13-14-54/h7,9-12,23,27-28,32-33,37,39,48,68H,8,13-22,24-26,29-31,57H2,1-6H3,(H,60,71)(H,62,69)(H,63,73)/t33-,37?,39?,48+/m0/s1. The van der Waals surface area contributed by atoms with E-state index < -0.39 is 52.9 Å². The molecule has 2 aromatic carbocycles. The second-order valence-electron chi connectivity index (χ2n) is 22.0. The van der Waals surface area contributed by atoms with Crippen molar-refractivity contribution in [2.45, 2.75) is 133 Å². The lowest BCUT2D eigenvalue weighted by atomic mass is 9.80. The summed E-state index contributed by atoms with van der Waals surface area (Å²) >= 11 is 9.64. The van der Waals surface area contributed by atoms with Crippen molar-refractivity contribution in [3.63, 3.8) is 0 Å². The van der Waals surface area contributed by atoms with Crippen molar-refractivity contribution in [1.29, 1.82) is 0 Å². The first-order valence-corrected chi connectivity index (χ1v) is 28.2. The van der Waals surface area contributed by atoms with Gasteiger partial charge in [0.05, 0.1) is 51.9 Å². The van der Waals surface area contributed by atoms with E-state index in [1.54, 1.807) is 55.7 Å². The number of ether oxygens (including phenoxy) is 1. The van der Waals surface area contributed by atoms with Crippen LogP contribution in [0.1, 0.15) is 90.8 Å². The molecule has 0 bridgehead atoms. The average molecular weight is 1100 g/mol. The van der Waals surface area contributed by atoms with E-state index in [9.17, 15) is 33.5 Å². The minimum atomic E-state index is -1.99. The molecule has 4 atom stereocenters. The minimum Gasteiger partial charge on any atom is -0.493 e. The highest BCUT2D eigenvalue weighted by atomic mass is 35.5. The Morgan fingerprint density at radius 3 is 2.43 bits per heavy atom. The number of rotatable bonds is 19. The molecular formula is C54H71ClFN11O7S2. The van der Waals surface area contributed by atoms with E-state index in [2.05, 4.69) is 47.6 Å². The Bertz CT molecular complexity index is 2750. The molecule has 2 unspecified atom stereocenters. The number of β-amino-alcohol motifs (C(OH)–C–C–N with tert-alkyl or cyclic N) is 1. The van der Waals surface area contributed by atoms with Gasteiger partial charge in [0.2, 0.25) is 23.6 Å². The lowest BCUT2D eigenvalue weighted by molar-refractivity contribution is -0.145. The van der Waals surface area contributed by atoms with E-state index in [-0.39, 0.29) is 56.1 Å². The topological polar surface area (TPSA) is 229 Å². The van der Waals surface area contributed by atoms with Crippen LogP contribution in [0.25, 0.3) is 10.4 Å². The molecule has 5 heterocycles. The van der Waals surface area contributed by atoms with Gasteiger partial charge in [0.25, 0.3) is 5.91 Å². The molecule has 5 amide bonds. The van der Waals surface area contributed by atoms with Crippen LogP contribution in [0.15, 0.2) is 64.2 Å². The van der Waals surface area contributed by atoms with E-state index in [1.165, 1.54) is 28.0 Å². The molecular weight excluding hydrogens is 1030 g/mol. The third-order valence-electron chi connectivity index (χ3n) is 15.0.